The Balaban J connectivity index is 2.14. The van der Waals surface area contributed by atoms with E-state index in [0.29, 0.717) is 10.6 Å². The highest BCUT2D eigenvalue weighted by Crippen LogP contribution is 2.31. The van der Waals surface area contributed by atoms with E-state index in [1.807, 2.05) is 16.8 Å². The van der Waals surface area contributed by atoms with Gasteiger partial charge in [-0.1, -0.05) is 23.2 Å². The van der Waals surface area contributed by atoms with Crippen molar-refractivity contribution in [3.63, 3.8) is 0 Å². The Bertz CT molecular complexity index is 631. The average molecular weight is 346 g/mol. The maximum absolute atomic E-state index is 11.0. The lowest BCUT2D eigenvalue weighted by Gasteiger charge is -2.17. The molecule has 0 radical (unpaired) electrons. The summed E-state index contributed by atoms with van der Waals surface area (Å²) in [5.41, 5.74) is 1.42. The van der Waals surface area contributed by atoms with Crippen molar-refractivity contribution >= 4 is 40.5 Å². The molecule has 0 amide bonds. The fourth-order valence-electron chi connectivity index (χ4n) is 1.94. The van der Waals surface area contributed by atoms with Crippen LogP contribution in [0.3, 0.4) is 0 Å². The van der Waals surface area contributed by atoms with Gasteiger partial charge < -0.3 is 15.5 Å². The molecule has 0 aliphatic carbocycles. The average Bonchev–Trinajstić information content (AvgIpc) is 2.93. The summed E-state index contributed by atoms with van der Waals surface area (Å²) in [7, 11) is 0. The lowest BCUT2D eigenvalue weighted by Crippen LogP contribution is -2.23. The molecule has 7 heteroatoms. The maximum atomic E-state index is 11.0. The SMILES string of the molecule is O=C(O)CC(NCc1cc(Cl)cc(Cl)c1O)c1ccsc1. The highest BCUT2D eigenvalue weighted by Gasteiger charge is 2.17. The zero-order chi connectivity index (χ0) is 15.4. The van der Waals surface area contributed by atoms with Gasteiger partial charge in [0, 0.05) is 23.2 Å². The molecular formula is C14H13Cl2NO3S. The zero-order valence-electron chi connectivity index (χ0n) is 10.8. The molecule has 0 saturated heterocycles. The first kappa shape index (κ1) is 16.1. The summed E-state index contributed by atoms with van der Waals surface area (Å²) in [4.78, 5) is 11.0. The fraction of sp³-hybridized carbons (Fsp3) is 0.214. The van der Waals surface area contributed by atoms with Crippen LogP contribution < -0.4 is 5.32 Å². The van der Waals surface area contributed by atoms with E-state index >= 15 is 0 Å². The van der Waals surface area contributed by atoms with Crippen LogP contribution in [0, 0.1) is 0 Å². The number of hydrogen-bond acceptors (Lipinski definition) is 4. The molecule has 0 spiro atoms. The molecule has 1 heterocycles. The molecule has 2 rings (SSSR count). The van der Waals surface area contributed by atoms with Crippen LogP contribution in [-0.4, -0.2) is 16.2 Å². The molecule has 0 fully saturated rings. The monoisotopic (exact) mass is 345 g/mol. The van der Waals surface area contributed by atoms with Crippen molar-refractivity contribution in [3.8, 4) is 5.75 Å². The molecule has 1 unspecified atom stereocenters. The zero-order valence-corrected chi connectivity index (χ0v) is 13.2. The summed E-state index contributed by atoms with van der Waals surface area (Å²) in [5, 5.41) is 26.4. The number of hydrogen-bond donors (Lipinski definition) is 3. The minimum absolute atomic E-state index is 0.0482. The smallest absolute Gasteiger partial charge is 0.305 e. The first-order valence-electron chi connectivity index (χ1n) is 6.11. The molecule has 4 nitrogen and oxygen atoms in total. The third-order valence-corrected chi connectivity index (χ3v) is 4.18. The number of rotatable bonds is 6. The Kier molecular flexibility index (Phi) is 5.47. The fourth-order valence-corrected chi connectivity index (χ4v) is 3.19. The van der Waals surface area contributed by atoms with E-state index in [-0.39, 0.29) is 29.8 Å². The highest BCUT2D eigenvalue weighted by atomic mass is 35.5. The van der Waals surface area contributed by atoms with Crippen molar-refractivity contribution < 1.29 is 15.0 Å². The van der Waals surface area contributed by atoms with Crippen LogP contribution in [0.5, 0.6) is 5.75 Å². The van der Waals surface area contributed by atoms with Crippen molar-refractivity contribution in [1.29, 1.82) is 0 Å². The molecule has 112 valence electrons. The molecule has 0 aliphatic heterocycles. The largest absolute Gasteiger partial charge is 0.506 e. The van der Waals surface area contributed by atoms with Crippen LogP contribution >= 0.6 is 34.5 Å². The second-order valence-corrected chi connectivity index (χ2v) is 6.11. The molecule has 1 aromatic carbocycles. The van der Waals surface area contributed by atoms with Gasteiger partial charge in [0.1, 0.15) is 5.75 Å². The minimum atomic E-state index is -0.896. The Labute approximate surface area is 135 Å². The lowest BCUT2D eigenvalue weighted by molar-refractivity contribution is -0.137. The molecule has 3 N–H and O–H groups in total. The Morgan fingerprint density at radius 2 is 2.14 bits per heavy atom. The number of aromatic hydroxyl groups is 1. The van der Waals surface area contributed by atoms with Crippen molar-refractivity contribution in [2.75, 3.05) is 0 Å². The van der Waals surface area contributed by atoms with Gasteiger partial charge in [0.15, 0.2) is 0 Å². The third kappa shape index (κ3) is 4.35. The van der Waals surface area contributed by atoms with E-state index in [1.165, 1.54) is 17.4 Å². The predicted molar refractivity (Wildman–Crippen MR) is 84.3 cm³/mol. The first-order valence-corrected chi connectivity index (χ1v) is 7.81. The van der Waals surface area contributed by atoms with Gasteiger partial charge in [-0.2, -0.15) is 11.3 Å². The number of aliphatic carboxylic acids is 1. The number of nitrogens with one attached hydrogen (secondary N) is 1. The number of carboxylic acid groups (broad SMARTS) is 1. The van der Waals surface area contributed by atoms with Crippen LogP contribution in [0.4, 0.5) is 0 Å². The van der Waals surface area contributed by atoms with Gasteiger partial charge in [-0.05, 0) is 34.5 Å². The minimum Gasteiger partial charge on any atom is -0.506 e. The second-order valence-electron chi connectivity index (χ2n) is 4.48. The molecule has 0 bridgehead atoms. The van der Waals surface area contributed by atoms with Gasteiger partial charge in [-0.15, -0.1) is 0 Å². The van der Waals surface area contributed by atoms with Crippen LogP contribution in [0.15, 0.2) is 29.0 Å². The number of benzene rings is 1. The topological polar surface area (TPSA) is 69.6 Å². The van der Waals surface area contributed by atoms with Crippen molar-refractivity contribution in [1.82, 2.24) is 5.32 Å². The van der Waals surface area contributed by atoms with Gasteiger partial charge in [0.2, 0.25) is 0 Å². The Morgan fingerprint density at radius 1 is 1.38 bits per heavy atom. The summed E-state index contributed by atoms with van der Waals surface area (Å²) in [6.07, 6.45) is -0.0498. The standard InChI is InChI=1S/C14H13Cl2NO3S/c15-10-3-9(14(20)11(16)4-10)6-17-12(5-13(18)19)8-1-2-21-7-8/h1-4,7,12,17,20H,5-6H2,(H,18,19). The number of phenolic OH excluding ortho intramolecular Hbond substituents is 1. The molecule has 0 saturated carbocycles. The molecule has 0 aliphatic rings. The van der Waals surface area contributed by atoms with E-state index in [2.05, 4.69) is 5.32 Å². The third-order valence-electron chi connectivity index (χ3n) is 2.97. The number of phenols is 1. The van der Waals surface area contributed by atoms with E-state index in [4.69, 9.17) is 28.3 Å². The number of halogens is 2. The summed E-state index contributed by atoms with van der Waals surface area (Å²) in [6, 6.07) is 4.58. The van der Waals surface area contributed by atoms with Crippen LogP contribution in [-0.2, 0) is 11.3 Å². The van der Waals surface area contributed by atoms with Gasteiger partial charge >= 0.3 is 5.97 Å². The lowest BCUT2D eigenvalue weighted by atomic mass is 10.1. The normalized spacial score (nSPS) is 12.3. The first-order chi connectivity index (χ1) is 9.97. The van der Waals surface area contributed by atoms with Gasteiger partial charge in [-0.25, -0.2) is 0 Å². The quantitative estimate of drug-likeness (QED) is 0.738. The second kappa shape index (κ2) is 7.13. The van der Waals surface area contributed by atoms with E-state index in [1.54, 1.807) is 6.07 Å². The van der Waals surface area contributed by atoms with Gasteiger partial charge in [0.25, 0.3) is 0 Å². The van der Waals surface area contributed by atoms with Crippen molar-refractivity contribution in [2.24, 2.45) is 0 Å². The summed E-state index contributed by atoms with van der Waals surface area (Å²) in [5.74, 6) is -0.944. The molecular weight excluding hydrogens is 333 g/mol. The predicted octanol–water partition coefficient (Wildman–Crippen LogP) is 4.07. The van der Waals surface area contributed by atoms with Crippen LogP contribution in [0.1, 0.15) is 23.6 Å². The summed E-state index contributed by atoms with van der Waals surface area (Å²) >= 11 is 13.3. The van der Waals surface area contributed by atoms with Crippen molar-refractivity contribution in [3.05, 3.63) is 50.1 Å². The highest BCUT2D eigenvalue weighted by molar-refractivity contribution is 7.08. The molecule has 1 aromatic heterocycles. The molecule has 21 heavy (non-hydrogen) atoms. The Morgan fingerprint density at radius 3 is 2.76 bits per heavy atom. The maximum Gasteiger partial charge on any atom is 0.305 e. The van der Waals surface area contributed by atoms with Crippen LogP contribution in [0.2, 0.25) is 10.0 Å². The molecule has 2 aromatic rings. The van der Waals surface area contributed by atoms with Crippen molar-refractivity contribution in [2.45, 2.75) is 19.0 Å². The van der Waals surface area contributed by atoms with E-state index in [9.17, 15) is 9.90 Å². The summed E-state index contributed by atoms with van der Waals surface area (Å²) in [6.45, 7) is 0.264. The number of carbonyl (C=O) groups is 1. The van der Waals surface area contributed by atoms with E-state index < -0.39 is 5.97 Å². The Hall–Kier alpha value is -1.27. The van der Waals surface area contributed by atoms with Gasteiger partial charge in [0.05, 0.1) is 11.4 Å². The van der Waals surface area contributed by atoms with Crippen LogP contribution in [0.25, 0.3) is 0 Å². The number of thiophene rings is 1. The summed E-state index contributed by atoms with van der Waals surface area (Å²) < 4.78 is 0. The van der Waals surface area contributed by atoms with Gasteiger partial charge in [-0.3, -0.25) is 4.79 Å². The number of carboxylic acids is 1. The molecule has 1 atom stereocenters. The van der Waals surface area contributed by atoms with E-state index in [0.717, 1.165) is 5.56 Å².